The molecule has 3 nitrogen and oxygen atoms in total. The van der Waals surface area contributed by atoms with Gasteiger partial charge in [-0.1, -0.05) is 12.1 Å². The molecule has 1 saturated carbocycles. The van der Waals surface area contributed by atoms with E-state index in [1.165, 1.54) is 12.1 Å². The van der Waals surface area contributed by atoms with Crippen molar-refractivity contribution in [1.82, 2.24) is 10.6 Å². The molecule has 1 aliphatic rings. The second-order valence-electron chi connectivity index (χ2n) is 4.80. The molecule has 2 rings (SSSR count). The zero-order chi connectivity index (χ0) is 13.0. The SMILES string of the molecule is CC(NCCNC(=O)C1CC1)c1cccc(F)c1. The molecule has 0 spiro atoms. The molecule has 1 fully saturated rings. The average Bonchev–Trinajstić information content (AvgIpc) is 3.18. The highest BCUT2D eigenvalue weighted by molar-refractivity contribution is 5.80. The van der Waals surface area contributed by atoms with Crippen LogP contribution in [0.15, 0.2) is 24.3 Å². The maximum atomic E-state index is 13.0. The van der Waals surface area contributed by atoms with E-state index in [2.05, 4.69) is 10.6 Å². The van der Waals surface area contributed by atoms with Gasteiger partial charge in [-0.3, -0.25) is 4.79 Å². The fourth-order valence-electron chi connectivity index (χ4n) is 1.86. The number of benzene rings is 1. The van der Waals surface area contributed by atoms with E-state index >= 15 is 0 Å². The normalized spacial score (nSPS) is 16.3. The predicted molar refractivity (Wildman–Crippen MR) is 68.6 cm³/mol. The van der Waals surface area contributed by atoms with E-state index in [1.54, 1.807) is 6.07 Å². The summed E-state index contributed by atoms with van der Waals surface area (Å²) in [6, 6.07) is 6.65. The summed E-state index contributed by atoms with van der Waals surface area (Å²) < 4.78 is 13.0. The fraction of sp³-hybridized carbons (Fsp3) is 0.500. The molecule has 0 heterocycles. The molecule has 4 heteroatoms. The first-order valence-corrected chi connectivity index (χ1v) is 6.43. The van der Waals surface area contributed by atoms with Crippen molar-refractivity contribution in [2.45, 2.75) is 25.8 Å². The van der Waals surface area contributed by atoms with Crippen molar-refractivity contribution in [2.75, 3.05) is 13.1 Å². The third-order valence-corrected chi connectivity index (χ3v) is 3.17. The minimum atomic E-state index is -0.219. The van der Waals surface area contributed by atoms with Gasteiger partial charge < -0.3 is 10.6 Å². The monoisotopic (exact) mass is 250 g/mol. The van der Waals surface area contributed by atoms with Crippen LogP contribution in [0.3, 0.4) is 0 Å². The Morgan fingerprint density at radius 1 is 1.44 bits per heavy atom. The molecule has 0 bridgehead atoms. The molecule has 1 unspecified atom stereocenters. The molecule has 0 radical (unpaired) electrons. The number of halogens is 1. The smallest absolute Gasteiger partial charge is 0.223 e. The molecule has 98 valence electrons. The summed E-state index contributed by atoms with van der Waals surface area (Å²) >= 11 is 0. The van der Waals surface area contributed by atoms with Crippen LogP contribution in [-0.4, -0.2) is 19.0 Å². The Labute approximate surface area is 107 Å². The number of rotatable bonds is 6. The van der Waals surface area contributed by atoms with Crippen LogP contribution in [0.25, 0.3) is 0 Å². The van der Waals surface area contributed by atoms with Gasteiger partial charge in [0.05, 0.1) is 0 Å². The van der Waals surface area contributed by atoms with E-state index in [4.69, 9.17) is 0 Å². The summed E-state index contributed by atoms with van der Waals surface area (Å²) in [4.78, 5) is 11.4. The van der Waals surface area contributed by atoms with Crippen molar-refractivity contribution in [2.24, 2.45) is 5.92 Å². The molecule has 2 N–H and O–H groups in total. The van der Waals surface area contributed by atoms with Gasteiger partial charge in [-0.2, -0.15) is 0 Å². The molecule has 1 aromatic rings. The summed E-state index contributed by atoms with van der Waals surface area (Å²) in [6.07, 6.45) is 2.05. The Balaban J connectivity index is 1.68. The Morgan fingerprint density at radius 2 is 2.22 bits per heavy atom. The topological polar surface area (TPSA) is 41.1 Å². The van der Waals surface area contributed by atoms with Crippen molar-refractivity contribution >= 4 is 5.91 Å². The molecule has 18 heavy (non-hydrogen) atoms. The van der Waals surface area contributed by atoms with Gasteiger partial charge in [0.2, 0.25) is 5.91 Å². The number of hydrogen-bond acceptors (Lipinski definition) is 2. The standard InChI is InChI=1S/C14H19FN2O/c1-10(12-3-2-4-13(15)9-12)16-7-8-17-14(18)11-5-6-11/h2-4,9-11,16H,5-8H2,1H3,(H,17,18). The van der Waals surface area contributed by atoms with E-state index < -0.39 is 0 Å². The van der Waals surface area contributed by atoms with Crippen LogP contribution in [0.5, 0.6) is 0 Å². The zero-order valence-electron chi connectivity index (χ0n) is 10.6. The fourth-order valence-corrected chi connectivity index (χ4v) is 1.86. The van der Waals surface area contributed by atoms with Crippen LogP contribution in [0.2, 0.25) is 0 Å². The highest BCUT2D eigenvalue weighted by Gasteiger charge is 2.28. The van der Waals surface area contributed by atoms with E-state index in [9.17, 15) is 9.18 Å². The third-order valence-electron chi connectivity index (χ3n) is 3.17. The van der Waals surface area contributed by atoms with Crippen LogP contribution < -0.4 is 10.6 Å². The Bertz CT molecular complexity index is 418. The Kier molecular flexibility index (Phi) is 4.31. The van der Waals surface area contributed by atoms with Crippen LogP contribution in [0.4, 0.5) is 4.39 Å². The lowest BCUT2D eigenvalue weighted by atomic mass is 10.1. The van der Waals surface area contributed by atoms with Crippen molar-refractivity contribution < 1.29 is 9.18 Å². The summed E-state index contributed by atoms with van der Waals surface area (Å²) in [5.74, 6) is 0.198. The maximum absolute atomic E-state index is 13.0. The predicted octanol–water partition coefficient (Wildman–Crippen LogP) is 2.00. The highest BCUT2D eigenvalue weighted by atomic mass is 19.1. The molecule has 1 atom stereocenters. The maximum Gasteiger partial charge on any atom is 0.223 e. The van der Waals surface area contributed by atoms with Gasteiger partial charge in [-0.15, -0.1) is 0 Å². The number of carbonyl (C=O) groups excluding carboxylic acids is 1. The van der Waals surface area contributed by atoms with Crippen LogP contribution in [-0.2, 0) is 4.79 Å². The quantitative estimate of drug-likeness (QED) is 0.758. The summed E-state index contributed by atoms with van der Waals surface area (Å²) in [5, 5.41) is 6.15. The molecule has 1 aliphatic carbocycles. The Hall–Kier alpha value is -1.42. The lowest BCUT2D eigenvalue weighted by molar-refractivity contribution is -0.122. The van der Waals surface area contributed by atoms with Gasteiger partial charge in [0, 0.05) is 25.0 Å². The number of carbonyl (C=O) groups is 1. The molecular weight excluding hydrogens is 231 g/mol. The first-order valence-electron chi connectivity index (χ1n) is 6.43. The van der Waals surface area contributed by atoms with Gasteiger partial charge in [-0.25, -0.2) is 4.39 Å². The minimum Gasteiger partial charge on any atom is -0.355 e. The van der Waals surface area contributed by atoms with Crippen molar-refractivity contribution in [3.05, 3.63) is 35.6 Å². The summed E-state index contributed by atoms with van der Waals surface area (Å²) in [5.41, 5.74) is 0.920. The van der Waals surface area contributed by atoms with Gasteiger partial charge in [0.1, 0.15) is 5.82 Å². The van der Waals surface area contributed by atoms with E-state index in [1.807, 2.05) is 13.0 Å². The molecule has 0 aliphatic heterocycles. The molecular formula is C14H19FN2O. The van der Waals surface area contributed by atoms with E-state index in [0.717, 1.165) is 18.4 Å². The van der Waals surface area contributed by atoms with E-state index in [-0.39, 0.29) is 23.7 Å². The second kappa shape index (κ2) is 5.96. The zero-order valence-corrected chi connectivity index (χ0v) is 10.6. The molecule has 1 aromatic carbocycles. The van der Waals surface area contributed by atoms with Gasteiger partial charge in [0.15, 0.2) is 0 Å². The lowest BCUT2D eigenvalue weighted by Gasteiger charge is -2.14. The number of nitrogens with one attached hydrogen (secondary N) is 2. The second-order valence-corrected chi connectivity index (χ2v) is 4.80. The van der Waals surface area contributed by atoms with Gasteiger partial charge in [-0.05, 0) is 37.5 Å². The molecule has 0 saturated heterocycles. The van der Waals surface area contributed by atoms with Crippen molar-refractivity contribution in [1.29, 1.82) is 0 Å². The number of amides is 1. The minimum absolute atomic E-state index is 0.0820. The van der Waals surface area contributed by atoms with Crippen molar-refractivity contribution in [3.8, 4) is 0 Å². The van der Waals surface area contributed by atoms with Gasteiger partial charge >= 0.3 is 0 Å². The van der Waals surface area contributed by atoms with Crippen LogP contribution in [0.1, 0.15) is 31.4 Å². The molecule has 1 amide bonds. The average molecular weight is 250 g/mol. The van der Waals surface area contributed by atoms with Gasteiger partial charge in [0.25, 0.3) is 0 Å². The first kappa shape index (κ1) is 13.0. The highest BCUT2D eigenvalue weighted by Crippen LogP contribution is 2.28. The molecule has 0 aromatic heterocycles. The number of hydrogen-bond donors (Lipinski definition) is 2. The summed E-state index contributed by atoms with van der Waals surface area (Å²) in [6.45, 7) is 3.29. The lowest BCUT2D eigenvalue weighted by Crippen LogP contribution is -2.33. The van der Waals surface area contributed by atoms with E-state index in [0.29, 0.717) is 13.1 Å². The van der Waals surface area contributed by atoms with Crippen molar-refractivity contribution in [3.63, 3.8) is 0 Å². The van der Waals surface area contributed by atoms with Crippen LogP contribution >= 0.6 is 0 Å². The first-order chi connectivity index (χ1) is 8.66. The Morgan fingerprint density at radius 3 is 2.89 bits per heavy atom. The largest absolute Gasteiger partial charge is 0.355 e. The summed E-state index contributed by atoms with van der Waals surface area (Å²) in [7, 11) is 0. The van der Waals surface area contributed by atoms with Crippen LogP contribution in [0, 0.1) is 11.7 Å². The third kappa shape index (κ3) is 3.81.